The Morgan fingerprint density at radius 1 is 1.07 bits per heavy atom. The maximum atomic E-state index is 12.5. The molecule has 0 aliphatic carbocycles. The van der Waals surface area contributed by atoms with Crippen molar-refractivity contribution in [1.82, 2.24) is 5.32 Å². The molecule has 28 heavy (non-hydrogen) atoms. The van der Waals surface area contributed by atoms with Crippen LogP contribution in [0.15, 0.2) is 54.6 Å². The molecule has 0 atom stereocenters. The molecule has 0 aliphatic heterocycles. The second-order valence-electron chi connectivity index (χ2n) is 6.57. The maximum Gasteiger partial charge on any atom is 0.255 e. The van der Waals surface area contributed by atoms with Crippen LogP contribution in [0.1, 0.15) is 27.0 Å². The first kappa shape index (κ1) is 19.6. The number of nitrogens with one attached hydrogen (secondary N) is 1. The highest BCUT2D eigenvalue weighted by molar-refractivity contribution is 6.30. The van der Waals surface area contributed by atoms with Crippen LogP contribution in [0.25, 0.3) is 0 Å². The van der Waals surface area contributed by atoms with Crippen LogP contribution in [0.3, 0.4) is 0 Å². The molecule has 5 nitrogen and oxygen atoms in total. The fraction of sp³-hybridized carbons (Fsp3) is 0.136. The zero-order chi connectivity index (χ0) is 20.3. The summed E-state index contributed by atoms with van der Waals surface area (Å²) in [6.07, 6.45) is 0. The van der Waals surface area contributed by atoms with Gasteiger partial charge in [-0.1, -0.05) is 23.7 Å². The number of nitrogens with two attached hydrogens (primary N) is 1. The molecule has 3 aromatic carbocycles. The second kappa shape index (κ2) is 8.23. The Morgan fingerprint density at radius 3 is 2.36 bits per heavy atom. The van der Waals surface area contributed by atoms with Crippen molar-refractivity contribution in [3.8, 4) is 17.2 Å². The lowest BCUT2D eigenvalue weighted by atomic mass is 10.1. The number of phenols is 1. The van der Waals surface area contributed by atoms with Crippen molar-refractivity contribution in [2.45, 2.75) is 20.4 Å². The van der Waals surface area contributed by atoms with E-state index in [1.807, 2.05) is 38.1 Å². The molecular weight excluding hydrogens is 376 g/mol. The van der Waals surface area contributed by atoms with E-state index in [1.54, 1.807) is 18.2 Å². The van der Waals surface area contributed by atoms with Crippen molar-refractivity contribution in [3.05, 3.63) is 81.9 Å². The molecule has 0 saturated heterocycles. The third-order valence-corrected chi connectivity index (χ3v) is 4.53. The van der Waals surface area contributed by atoms with Crippen LogP contribution in [0.2, 0.25) is 5.02 Å². The minimum atomic E-state index is -0.399. The Morgan fingerprint density at radius 2 is 1.71 bits per heavy atom. The van der Waals surface area contributed by atoms with Gasteiger partial charge < -0.3 is 20.9 Å². The minimum absolute atomic E-state index is 0.119. The van der Waals surface area contributed by atoms with E-state index >= 15 is 0 Å². The third-order valence-electron chi connectivity index (χ3n) is 4.28. The lowest BCUT2D eigenvalue weighted by Gasteiger charge is -2.14. The molecule has 0 spiro atoms. The molecule has 6 heteroatoms. The molecule has 0 saturated carbocycles. The van der Waals surface area contributed by atoms with Crippen LogP contribution >= 0.6 is 11.6 Å². The minimum Gasteiger partial charge on any atom is -0.507 e. The Kier molecular flexibility index (Phi) is 5.76. The zero-order valence-electron chi connectivity index (χ0n) is 15.6. The molecule has 0 heterocycles. The lowest BCUT2D eigenvalue weighted by molar-refractivity contribution is 0.0948. The van der Waals surface area contributed by atoms with Crippen LogP contribution in [0, 0.1) is 13.8 Å². The van der Waals surface area contributed by atoms with Gasteiger partial charge in [0.05, 0.1) is 5.56 Å². The number of rotatable bonds is 5. The number of hydrogen-bond acceptors (Lipinski definition) is 4. The monoisotopic (exact) mass is 396 g/mol. The number of aryl methyl sites for hydroxylation is 2. The van der Waals surface area contributed by atoms with Crippen molar-refractivity contribution in [2.24, 2.45) is 0 Å². The van der Waals surface area contributed by atoms with E-state index in [0.717, 1.165) is 16.7 Å². The van der Waals surface area contributed by atoms with E-state index in [-0.39, 0.29) is 11.3 Å². The first-order valence-electron chi connectivity index (χ1n) is 8.73. The van der Waals surface area contributed by atoms with Crippen LogP contribution < -0.4 is 15.8 Å². The van der Waals surface area contributed by atoms with Gasteiger partial charge in [-0.25, -0.2) is 0 Å². The van der Waals surface area contributed by atoms with Gasteiger partial charge in [-0.05, 0) is 73.0 Å². The van der Waals surface area contributed by atoms with Crippen molar-refractivity contribution < 1.29 is 14.6 Å². The fourth-order valence-corrected chi connectivity index (χ4v) is 3.03. The van der Waals surface area contributed by atoms with Gasteiger partial charge in [0.1, 0.15) is 17.2 Å². The number of amides is 1. The summed E-state index contributed by atoms with van der Waals surface area (Å²) in [6.45, 7) is 4.12. The fourth-order valence-electron chi connectivity index (χ4n) is 2.90. The molecule has 144 valence electrons. The summed E-state index contributed by atoms with van der Waals surface area (Å²) < 4.78 is 5.96. The van der Waals surface area contributed by atoms with Crippen LogP contribution in [-0.2, 0) is 6.54 Å². The number of halogens is 1. The number of carbonyl (C=O) groups is 1. The van der Waals surface area contributed by atoms with Gasteiger partial charge in [0, 0.05) is 17.3 Å². The largest absolute Gasteiger partial charge is 0.507 e. The molecule has 3 aromatic rings. The molecule has 0 aromatic heterocycles. The quantitative estimate of drug-likeness (QED) is 0.532. The van der Waals surface area contributed by atoms with Gasteiger partial charge >= 0.3 is 0 Å². The van der Waals surface area contributed by atoms with E-state index in [9.17, 15) is 9.90 Å². The first-order chi connectivity index (χ1) is 13.3. The molecule has 0 radical (unpaired) electrons. The predicted molar refractivity (Wildman–Crippen MR) is 111 cm³/mol. The lowest BCUT2D eigenvalue weighted by Crippen LogP contribution is -2.22. The Balaban J connectivity index is 1.77. The van der Waals surface area contributed by atoms with E-state index in [4.69, 9.17) is 22.1 Å². The number of hydrogen-bond donors (Lipinski definition) is 3. The van der Waals surface area contributed by atoms with Gasteiger partial charge in [-0.2, -0.15) is 0 Å². The number of ether oxygens (including phenoxy) is 1. The molecule has 0 unspecified atom stereocenters. The summed E-state index contributed by atoms with van der Waals surface area (Å²) in [4.78, 5) is 12.5. The average Bonchev–Trinajstić information content (AvgIpc) is 2.65. The normalized spacial score (nSPS) is 10.5. The van der Waals surface area contributed by atoms with Crippen molar-refractivity contribution >= 4 is 23.2 Å². The molecule has 0 fully saturated rings. The maximum absolute atomic E-state index is 12.5. The summed E-state index contributed by atoms with van der Waals surface area (Å²) >= 11 is 5.86. The molecule has 4 N–H and O–H groups in total. The number of benzene rings is 3. The van der Waals surface area contributed by atoms with Crippen LogP contribution in [-0.4, -0.2) is 11.0 Å². The highest BCUT2D eigenvalue weighted by Gasteiger charge is 2.14. The molecule has 0 aliphatic rings. The topological polar surface area (TPSA) is 84.6 Å². The number of carbonyl (C=O) groups excluding carboxylic acids is 1. The predicted octanol–water partition coefficient (Wildman–Crippen LogP) is 4.97. The molecular formula is C22H21ClN2O3. The highest BCUT2D eigenvalue weighted by atomic mass is 35.5. The third kappa shape index (κ3) is 4.56. The average molecular weight is 397 g/mol. The molecule has 0 bridgehead atoms. The van der Waals surface area contributed by atoms with Gasteiger partial charge in [-0.15, -0.1) is 0 Å². The SMILES string of the molecule is Cc1cc(N)cc(C)c1Oc1ccc(O)c(C(=O)NCc2ccc(Cl)cc2)c1. The van der Waals surface area contributed by atoms with E-state index < -0.39 is 5.91 Å². The van der Waals surface area contributed by atoms with E-state index in [2.05, 4.69) is 5.32 Å². The van der Waals surface area contributed by atoms with Crippen molar-refractivity contribution in [3.63, 3.8) is 0 Å². The van der Waals surface area contributed by atoms with E-state index in [0.29, 0.717) is 28.8 Å². The van der Waals surface area contributed by atoms with E-state index in [1.165, 1.54) is 12.1 Å². The summed E-state index contributed by atoms with van der Waals surface area (Å²) in [5, 5.41) is 13.5. The van der Waals surface area contributed by atoms with Crippen LogP contribution in [0.5, 0.6) is 17.2 Å². The summed E-state index contributed by atoms with van der Waals surface area (Å²) in [5.74, 6) is 0.605. The summed E-state index contributed by atoms with van der Waals surface area (Å²) in [5.41, 5.74) is 9.32. The smallest absolute Gasteiger partial charge is 0.255 e. The number of nitrogen functional groups attached to an aromatic ring is 1. The second-order valence-corrected chi connectivity index (χ2v) is 7.01. The first-order valence-corrected chi connectivity index (χ1v) is 9.11. The summed E-state index contributed by atoms with van der Waals surface area (Å²) in [6, 6.07) is 15.4. The van der Waals surface area contributed by atoms with Gasteiger partial charge in [0.2, 0.25) is 0 Å². The standard InChI is InChI=1S/C22H21ClN2O3/c1-13-9-17(24)10-14(2)21(13)28-18-7-8-20(26)19(11-18)22(27)25-12-15-3-5-16(23)6-4-15/h3-11,26H,12,24H2,1-2H3,(H,25,27). The van der Waals surface area contributed by atoms with Crippen LogP contribution in [0.4, 0.5) is 5.69 Å². The molecule has 1 amide bonds. The van der Waals surface area contributed by atoms with Crippen molar-refractivity contribution in [2.75, 3.05) is 5.73 Å². The van der Waals surface area contributed by atoms with Crippen molar-refractivity contribution in [1.29, 1.82) is 0 Å². The van der Waals surface area contributed by atoms with Gasteiger partial charge in [0.15, 0.2) is 0 Å². The number of anilines is 1. The Hall–Kier alpha value is -3.18. The number of phenolic OH excluding ortho intramolecular Hbond substituents is 1. The zero-order valence-corrected chi connectivity index (χ0v) is 16.4. The van der Waals surface area contributed by atoms with Gasteiger partial charge in [-0.3, -0.25) is 4.79 Å². The Bertz CT molecular complexity index is 994. The van der Waals surface area contributed by atoms with Gasteiger partial charge in [0.25, 0.3) is 5.91 Å². The number of aromatic hydroxyl groups is 1. The highest BCUT2D eigenvalue weighted by Crippen LogP contribution is 2.32. The molecule has 3 rings (SSSR count). The summed E-state index contributed by atoms with van der Waals surface area (Å²) in [7, 11) is 0. The Labute approximate surface area is 168 Å².